The largest absolute Gasteiger partial charge is 0.507 e. The third kappa shape index (κ3) is 4.64. The number of rotatable bonds is 8. The van der Waals surface area contributed by atoms with Crippen molar-refractivity contribution in [2.75, 3.05) is 14.2 Å². The van der Waals surface area contributed by atoms with Gasteiger partial charge in [0, 0.05) is 39.9 Å². The van der Waals surface area contributed by atoms with Crippen molar-refractivity contribution in [2.45, 2.75) is 45.5 Å². The third-order valence-corrected chi connectivity index (χ3v) is 6.85. The molecular weight excluding hydrogens is 494 g/mol. The van der Waals surface area contributed by atoms with E-state index in [4.69, 9.17) is 14.2 Å². The minimum Gasteiger partial charge on any atom is -0.507 e. The van der Waals surface area contributed by atoms with Crippen molar-refractivity contribution in [1.82, 2.24) is 4.98 Å². The lowest BCUT2D eigenvalue weighted by atomic mass is 9.82. The topological polar surface area (TPSA) is 156 Å². The van der Waals surface area contributed by atoms with Crippen LogP contribution in [0.3, 0.4) is 0 Å². The lowest BCUT2D eigenvalue weighted by Gasteiger charge is -2.25. The number of nitrogens with zero attached hydrogens (tertiary/aromatic N) is 1. The quantitative estimate of drug-likeness (QED) is 0.254. The molecule has 2 atom stereocenters. The summed E-state index contributed by atoms with van der Waals surface area (Å²) in [6.07, 6.45) is 0.306. The first-order chi connectivity index (χ1) is 18.1. The monoisotopic (exact) mass is 523 g/mol. The van der Waals surface area contributed by atoms with Crippen LogP contribution in [0.25, 0.3) is 0 Å². The number of phenolic OH excluding ortho intramolecular Hbond substituents is 2. The van der Waals surface area contributed by atoms with E-state index >= 15 is 0 Å². The molecule has 0 radical (unpaired) electrons. The normalized spacial score (nSPS) is 15.1. The molecule has 0 bridgehead atoms. The average molecular weight is 524 g/mol. The van der Waals surface area contributed by atoms with Gasteiger partial charge < -0.3 is 34.6 Å². The molecule has 0 aliphatic carbocycles. The summed E-state index contributed by atoms with van der Waals surface area (Å²) >= 11 is 0. The van der Waals surface area contributed by atoms with Crippen molar-refractivity contribution in [2.24, 2.45) is 0 Å². The molecular formula is C28H29NO9. The maximum atomic E-state index is 12.6. The Bertz CT molecular complexity index is 1420. The first kappa shape index (κ1) is 26.9. The van der Waals surface area contributed by atoms with Crippen molar-refractivity contribution in [3.8, 4) is 23.0 Å². The van der Waals surface area contributed by atoms with Gasteiger partial charge in [-0.1, -0.05) is 6.07 Å². The lowest BCUT2D eigenvalue weighted by Crippen LogP contribution is -2.14. The summed E-state index contributed by atoms with van der Waals surface area (Å²) in [6.45, 7) is 2.64. The number of phenols is 2. The first-order valence-electron chi connectivity index (χ1n) is 11.9. The van der Waals surface area contributed by atoms with Gasteiger partial charge in [-0.25, -0.2) is 0 Å². The van der Waals surface area contributed by atoms with Crippen LogP contribution in [-0.4, -0.2) is 51.4 Å². The summed E-state index contributed by atoms with van der Waals surface area (Å²) in [5.41, 5.74) is 2.20. The van der Waals surface area contributed by atoms with Crippen LogP contribution < -0.4 is 4.74 Å². The van der Waals surface area contributed by atoms with Crippen molar-refractivity contribution in [3.05, 3.63) is 75.1 Å². The number of aliphatic hydroxyl groups is 1. The fraction of sp³-hybridized carbons (Fsp3) is 0.321. The fourth-order valence-corrected chi connectivity index (χ4v) is 4.84. The van der Waals surface area contributed by atoms with E-state index in [-0.39, 0.29) is 42.1 Å². The number of methoxy groups -OCH3 is 2. The highest BCUT2D eigenvalue weighted by molar-refractivity contribution is 5.98. The molecule has 10 heteroatoms. The predicted octanol–water partition coefficient (Wildman–Crippen LogP) is 3.52. The maximum absolute atomic E-state index is 12.6. The molecule has 2 aromatic carbocycles. The zero-order chi connectivity index (χ0) is 27.7. The highest BCUT2D eigenvalue weighted by Gasteiger charge is 2.36. The summed E-state index contributed by atoms with van der Waals surface area (Å²) < 4.78 is 16.1. The molecule has 2 heterocycles. The molecule has 1 aliphatic heterocycles. The molecule has 4 N–H and O–H groups in total. The maximum Gasteiger partial charge on any atom is 0.306 e. The van der Waals surface area contributed by atoms with Gasteiger partial charge in [0.2, 0.25) is 0 Å². The number of carbonyl (C=O) groups excluding carboxylic acids is 2. The van der Waals surface area contributed by atoms with Crippen LogP contribution in [0.1, 0.15) is 74.8 Å². The predicted molar refractivity (Wildman–Crippen MR) is 134 cm³/mol. The number of ketones is 1. The molecule has 0 fully saturated rings. The number of aromatic hydroxyl groups is 3. The van der Waals surface area contributed by atoms with E-state index in [0.717, 1.165) is 0 Å². The summed E-state index contributed by atoms with van der Waals surface area (Å²) in [6, 6.07) is 6.15. The molecule has 38 heavy (non-hydrogen) atoms. The van der Waals surface area contributed by atoms with Crippen molar-refractivity contribution >= 4 is 11.8 Å². The minimum absolute atomic E-state index is 0.0884. The molecule has 0 saturated heterocycles. The molecule has 1 aliphatic rings. The van der Waals surface area contributed by atoms with E-state index in [1.165, 1.54) is 27.2 Å². The Morgan fingerprint density at radius 1 is 1.13 bits per heavy atom. The van der Waals surface area contributed by atoms with E-state index in [1.54, 1.807) is 31.3 Å². The number of fused-ring (bicyclic) bond motifs is 1. The number of aromatic nitrogens is 1. The summed E-state index contributed by atoms with van der Waals surface area (Å²) in [4.78, 5) is 29.2. The van der Waals surface area contributed by atoms with Crippen molar-refractivity contribution in [3.63, 3.8) is 0 Å². The summed E-state index contributed by atoms with van der Waals surface area (Å²) in [5.74, 6) is -2.69. The number of ether oxygens (including phenoxy) is 3. The van der Waals surface area contributed by atoms with Crippen molar-refractivity contribution in [1.29, 1.82) is 0 Å². The number of aliphatic hydroxyl groups excluding tert-OH is 1. The van der Waals surface area contributed by atoms with Gasteiger partial charge in [0.1, 0.15) is 29.1 Å². The number of carbonyl (C=O) groups is 2. The highest BCUT2D eigenvalue weighted by Crippen LogP contribution is 2.50. The zero-order valence-corrected chi connectivity index (χ0v) is 21.4. The van der Waals surface area contributed by atoms with Crippen LogP contribution in [0.15, 0.2) is 30.5 Å². The minimum atomic E-state index is -0.981. The molecule has 1 aromatic heterocycles. The Kier molecular flexibility index (Phi) is 7.56. The molecule has 0 amide bonds. The van der Waals surface area contributed by atoms with E-state index in [2.05, 4.69) is 4.98 Å². The first-order valence-corrected chi connectivity index (χ1v) is 11.9. The number of pyridine rings is 1. The van der Waals surface area contributed by atoms with Crippen LogP contribution in [0.2, 0.25) is 0 Å². The second-order valence-electron chi connectivity index (χ2n) is 9.06. The van der Waals surface area contributed by atoms with Crippen LogP contribution in [0.5, 0.6) is 23.0 Å². The zero-order valence-electron chi connectivity index (χ0n) is 21.4. The lowest BCUT2D eigenvalue weighted by molar-refractivity contribution is -0.140. The molecule has 0 spiro atoms. The third-order valence-electron chi connectivity index (χ3n) is 6.85. The van der Waals surface area contributed by atoms with Crippen LogP contribution in [0.4, 0.5) is 0 Å². The van der Waals surface area contributed by atoms with E-state index in [9.17, 15) is 30.0 Å². The molecule has 10 nitrogen and oxygen atoms in total. The van der Waals surface area contributed by atoms with Gasteiger partial charge in [-0.05, 0) is 37.6 Å². The number of hydrogen-bond donors (Lipinski definition) is 4. The van der Waals surface area contributed by atoms with Gasteiger partial charge >= 0.3 is 5.97 Å². The second kappa shape index (κ2) is 10.7. The number of aryl methyl sites for hydroxylation is 1. The average Bonchev–Trinajstić information content (AvgIpc) is 3.34. The van der Waals surface area contributed by atoms with Crippen molar-refractivity contribution < 1.29 is 44.2 Å². The highest BCUT2D eigenvalue weighted by atomic mass is 16.5. The van der Waals surface area contributed by atoms with Crippen LogP contribution >= 0.6 is 0 Å². The fourth-order valence-electron chi connectivity index (χ4n) is 4.84. The Hall–Kier alpha value is -4.15. The Morgan fingerprint density at radius 2 is 1.87 bits per heavy atom. The van der Waals surface area contributed by atoms with E-state index in [0.29, 0.717) is 33.7 Å². The molecule has 4 rings (SSSR count). The number of Topliss-reactive ketones (excluding diaryl/α,β-unsaturated/α-hetero) is 1. The van der Waals surface area contributed by atoms with Crippen LogP contribution in [0, 0.1) is 6.92 Å². The molecule has 200 valence electrons. The Balaban J connectivity index is 1.99. The van der Waals surface area contributed by atoms with Gasteiger partial charge in [0.05, 0.1) is 45.1 Å². The van der Waals surface area contributed by atoms with E-state index in [1.807, 2.05) is 0 Å². The van der Waals surface area contributed by atoms with Gasteiger partial charge in [0.15, 0.2) is 5.78 Å². The number of hydrogen-bond acceptors (Lipinski definition) is 10. The summed E-state index contributed by atoms with van der Waals surface area (Å²) in [5, 5.41) is 43.4. The number of benzene rings is 2. The van der Waals surface area contributed by atoms with E-state index < -0.39 is 35.3 Å². The smallest absolute Gasteiger partial charge is 0.306 e. The molecule has 0 unspecified atom stereocenters. The van der Waals surface area contributed by atoms with Gasteiger partial charge in [-0.3, -0.25) is 14.6 Å². The SMILES string of the molecule is COC(=O)C[C@@H](c1ccc(OC)c(CO)c1)c1c(O)c(C(C)=O)cc([C@H]2OCc3cnc(C)c(O)c32)c1O. The number of esters is 1. The summed E-state index contributed by atoms with van der Waals surface area (Å²) in [7, 11) is 2.67. The van der Waals surface area contributed by atoms with Crippen LogP contribution in [-0.2, 0) is 27.5 Å². The Labute approximate surface area is 219 Å². The molecule has 0 saturated carbocycles. The van der Waals surface area contributed by atoms with Gasteiger partial charge in [0.25, 0.3) is 0 Å². The molecule has 3 aromatic rings. The standard InChI is InChI=1S/C28H29NO9/c1-13-25(33)23-17(10-29-13)12-38-28(23)20-8-18(14(2)31)26(34)24(27(20)35)19(9-22(32)37-4)15-5-6-21(36-3)16(7-15)11-30/h5-8,10,19,28,30,33-35H,9,11-12H2,1-4H3/t19-,28+/m0/s1. The van der Waals surface area contributed by atoms with Gasteiger partial charge in [-0.2, -0.15) is 0 Å². The second-order valence-corrected chi connectivity index (χ2v) is 9.06. The Morgan fingerprint density at radius 3 is 2.50 bits per heavy atom. The van der Waals surface area contributed by atoms with Gasteiger partial charge in [-0.15, -0.1) is 0 Å².